The van der Waals surface area contributed by atoms with Crippen molar-refractivity contribution in [3.05, 3.63) is 53.7 Å². The first-order valence-corrected chi connectivity index (χ1v) is 13.4. The Hall–Kier alpha value is -3.05. The molecule has 0 unspecified atom stereocenters. The smallest absolute Gasteiger partial charge is 0.229 e. The molecule has 0 amide bonds. The Morgan fingerprint density at radius 2 is 1.85 bits per heavy atom. The third-order valence-corrected chi connectivity index (χ3v) is 7.41. The SMILES string of the molecule is CC(C)c1noc(C2CCN(c3nc4ccc(Oc5ccc(C[SH](=O)=O)cc5)nc4s3)CC2)n1. The number of thiazole rings is 1. The number of hydrogen-bond donors (Lipinski definition) is 1. The lowest BCUT2D eigenvalue weighted by Gasteiger charge is -2.29. The number of pyridine rings is 1. The Labute approximate surface area is 202 Å². The zero-order chi connectivity index (χ0) is 23.7. The van der Waals surface area contributed by atoms with Gasteiger partial charge < -0.3 is 14.2 Å². The Kier molecular flexibility index (Phi) is 6.46. The molecule has 1 aliphatic rings. The second-order valence-electron chi connectivity index (χ2n) is 8.61. The lowest BCUT2D eigenvalue weighted by Crippen LogP contribution is -2.32. The average Bonchev–Trinajstić information content (AvgIpc) is 3.48. The van der Waals surface area contributed by atoms with Crippen LogP contribution in [0.3, 0.4) is 0 Å². The maximum Gasteiger partial charge on any atom is 0.229 e. The highest BCUT2D eigenvalue weighted by Crippen LogP contribution is 2.34. The van der Waals surface area contributed by atoms with Crippen LogP contribution < -0.4 is 9.64 Å². The summed E-state index contributed by atoms with van der Waals surface area (Å²) in [5.41, 5.74) is 1.56. The van der Waals surface area contributed by atoms with Crippen LogP contribution in [0.25, 0.3) is 10.3 Å². The summed E-state index contributed by atoms with van der Waals surface area (Å²) in [7, 11) is -2.45. The molecule has 0 aliphatic carbocycles. The van der Waals surface area contributed by atoms with Crippen LogP contribution in [0.5, 0.6) is 11.6 Å². The van der Waals surface area contributed by atoms with E-state index in [0.717, 1.165) is 58.7 Å². The number of piperidine rings is 1. The van der Waals surface area contributed by atoms with E-state index in [1.54, 1.807) is 41.7 Å². The van der Waals surface area contributed by atoms with Crippen molar-refractivity contribution in [2.24, 2.45) is 0 Å². The molecular formula is C23H25N5O4S2. The van der Waals surface area contributed by atoms with Crippen molar-refractivity contribution in [1.29, 1.82) is 0 Å². The Bertz CT molecular complexity index is 1350. The molecule has 0 N–H and O–H groups in total. The van der Waals surface area contributed by atoms with E-state index in [-0.39, 0.29) is 17.6 Å². The third kappa shape index (κ3) is 5.05. The number of rotatable bonds is 7. The number of fused-ring (bicyclic) bond motifs is 1. The summed E-state index contributed by atoms with van der Waals surface area (Å²) in [6.07, 6.45) is 1.88. The van der Waals surface area contributed by atoms with Crippen molar-refractivity contribution in [3.8, 4) is 11.6 Å². The molecule has 0 saturated carbocycles. The topological polar surface area (TPSA) is 111 Å². The Morgan fingerprint density at radius 1 is 1.09 bits per heavy atom. The van der Waals surface area contributed by atoms with Crippen molar-refractivity contribution >= 4 is 37.5 Å². The van der Waals surface area contributed by atoms with Gasteiger partial charge >= 0.3 is 0 Å². The van der Waals surface area contributed by atoms with Gasteiger partial charge in [-0.25, -0.2) is 18.4 Å². The summed E-state index contributed by atoms with van der Waals surface area (Å²) < 4.78 is 33.1. The number of hydrogen-bond acceptors (Lipinski definition) is 10. The predicted molar refractivity (Wildman–Crippen MR) is 131 cm³/mol. The number of thiol groups is 1. The third-order valence-electron chi connectivity index (χ3n) is 5.76. The van der Waals surface area contributed by atoms with E-state index in [1.165, 1.54) is 0 Å². The second kappa shape index (κ2) is 9.67. The molecule has 0 spiro atoms. The first kappa shape index (κ1) is 22.7. The normalized spacial score (nSPS) is 15.0. The molecule has 0 bridgehead atoms. The van der Waals surface area contributed by atoms with E-state index in [4.69, 9.17) is 14.2 Å². The predicted octanol–water partition coefficient (Wildman–Crippen LogP) is 4.49. The van der Waals surface area contributed by atoms with Gasteiger partial charge in [0.25, 0.3) is 0 Å². The van der Waals surface area contributed by atoms with Gasteiger partial charge in [-0.15, -0.1) is 0 Å². The molecule has 4 heterocycles. The van der Waals surface area contributed by atoms with Crippen molar-refractivity contribution in [3.63, 3.8) is 0 Å². The van der Waals surface area contributed by atoms with Crippen LogP contribution in [0.1, 0.15) is 55.8 Å². The molecule has 0 atom stereocenters. The molecule has 178 valence electrons. The first-order chi connectivity index (χ1) is 16.4. The lowest BCUT2D eigenvalue weighted by molar-refractivity contribution is 0.326. The number of benzene rings is 1. The first-order valence-electron chi connectivity index (χ1n) is 11.2. The number of aromatic nitrogens is 4. The van der Waals surface area contributed by atoms with Crippen molar-refractivity contribution in [2.45, 2.75) is 44.3 Å². The highest BCUT2D eigenvalue weighted by molar-refractivity contribution is 7.71. The highest BCUT2D eigenvalue weighted by atomic mass is 32.2. The summed E-state index contributed by atoms with van der Waals surface area (Å²) in [5.74, 6) is 3.15. The molecule has 5 rings (SSSR count). The summed E-state index contributed by atoms with van der Waals surface area (Å²) in [5, 5.41) is 5.04. The van der Waals surface area contributed by atoms with E-state index in [9.17, 15) is 8.42 Å². The number of anilines is 1. The Morgan fingerprint density at radius 3 is 2.53 bits per heavy atom. The van der Waals surface area contributed by atoms with Gasteiger partial charge in [0.1, 0.15) is 26.8 Å². The lowest BCUT2D eigenvalue weighted by atomic mass is 9.97. The van der Waals surface area contributed by atoms with Crippen molar-refractivity contribution in [1.82, 2.24) is 20.1 Å². The van der Waals surface area contributed by atoms with E-state index < -0.39 is 10.7 Å². The Balaban J connectivity index is 1.24. The summed E-state index contributed by atoms with van der Waals surface area (Å²) in [6.45, 7) is 5.86. The summed E-state index contributed by atoms with van der Waals surface area (Å²) >= 11 is 1.55. The maximum absolute atomic E-state index is 10.9. The molecule has 0 radical (unpaired) electrons. The van der Waals surface area contributed by atoms with Crippen molar-refractivity contribution < 1.29 is 17.7 Å². The minimum absolute atomic E-state index is 0.0224. The molecule has 11 heteroatoms. The molecule has 4 aromatic rings. The fourth-order valence-corrected chi connectivity index (χ4v) is 5.37. The number of nitrogens with zero attached hydrogens (tertiary/aromatic N) is 5. The van der Waals surface area contributed by atoms with Crippen LogP contribution in [0.4, 0.5) is 5.13 Å². The van der Waals surface area contributed by atoms with E-state index >= 15 is 0 Å². The van der Waals surface area contributed by atoms with Crippen LogP contribution in [0.15, 0.2) is 40.9 Å². The molecular weight excluding hydrogens is 474 g/mol. The van der Waals surface area contributed by atoms with Gasteiger partial charge in [0, 0.05) is 31.0 Å². The van der Waals surface area contributed by atoms with Crippen LogP contribution in [-0.4, -0.2) is 41.6 Å². The molecule has 1 aliphatic heterocycles. The maximum atomic E-state index is 10.9. The minimum Gasteiger partial charge on any atom is -0.439 e. The average molecular weight is 500 g/mol. The van der Waals surface area contributed by atoms with E-state index in [0.29, 0.717) is 11.6 Å². The molecule has 1 saturated heterocycles. The largest absolute Gasteiger partial charge is 0.439 e. The highest BCUT2D eigenvalue weighted by Gasteiger charge is 2.27. The van der Waals surface area contributed by atoms with Crippen LogP contribution in [0.2, 0.25) is 0 Å². The fourth-order valence-electron chi connectivity index (χ4n) is 3.88. The fraction of sp³-hybridized carbons (Fsp3) is 0.391. The van der Waals surface area contributed by atoms with Gasteiger partial charge in [-0.1, -0.05) is 42.5 Å². The van der Waals surface area contributed by atoms with Gasteiger partial charge in [0.05, 0.1) is 5.75 Å². The zero-order valence-electron chi connectivity index (χ0n) is 18.9. The molecule has 34 heavy (non-hydrogen) atoms. The standard InChI is InChI=1S/C23H25N5O4S2/c1-14(2)20-26-21(32-27-20)16-9-11-28(12-10-16)23-24-18-7-8-19(25-22(18)33-23)31-17-5-3-15(4-6-17)13-34(29)30/h3-8,14,16,34H,9-13H2,1-2H3. The van der Waals surface area contributed by atoms with Crippen LogP contribution in [0, 0.1) is 0 Å². The van der Waals surface area contributed by atoms with Gasteiger partial charge in [-0.05, 0) is 36.6 Å². The van der Waals surface area contributed by atoms with Gasteiger partial charge in [0.2, 0.25) is 11.8 Å². The summed E-state index contributed by atoms with van der Waals surface area (Å²) in [6, 6.07) is 10.7. The van der Waals surface area contributed by atoms with E-state index in [2.05, 4.69) is 33.9 Å². The van der Waals surface area contributed by atoms with Gasteiger partial charge in [-0.2, -0.15) is 4.98 Å². The molecule has 1 fully saturated rings. The number of ether oxygens (including phenoxy) is 1. The van der Waals surface area contributed by atoms with Gasteiger partial charge in [0.15, 0.2) is 11.0 Å². The quantitative estimate of drug-likeness (QED) is 0.368. The molecule has 3 aromatic heterocycles. The zero-order valence-corrected chi connectivity index (χ0v) is 20.6. The van der Waals surface area contributed by atoms with Gasteiger partial charge in [-0.3, -0.25) is 0 Å². The molecule has 9 nitrogen and oxygen atoms in total. The monoisotopic (exact) mass is 499 g/mol. The van der Waals surface area contributed by atoms with Crippen molar-refractivity contribution in [2.75, 3.05) is 18.0 Å². The molecule has 1 aromatic carbocycles. The second-order valence-corrected chi connectivity index (χ2v) is 10.6. The minimum atomic E-state index is -2.45. The van der Waals surface area contributed by atoms with Crippen LogP contribution >= 0.6 is 11.3 Å². The van der Waals surface area contributed by atoms with Crippen LogP contribution in [-0.2, 0) is 16.5 Å². The summed E-state index contributed by atoms with van der Waals surface area (Å²) in [4.78, 5) is 17.0. The van der Waals surface area contributed by atoms with E-state index in [1.807, 2.05) is 6.07 Å².